The predicted molar refractivity (Wildman–Crippen MR) is 100.0 cm³/mol. The number of aromatic nitrogens is 2. The van der Waals surface area contributed by atoms with E-state index in [2.05, 4.69) is 46.7 Å². The van der Waals surface area contributed by atoms with Gasteiger partial charge in [-0.05, 0) is 37.0 Å². The minimum Gasteiger partial charge on any atom is -0.354 e. The number of amides is 3. The van der Waals surface area contributed by atoms with E-state index >= 15 is 0 Å². The third-order valence-electron chi connectivity index (χ3n) is 4.64. The maximum absolute atomic E-state index is 12.2. The maximum Gasteiger partial charge on any atom is 0.321 e. The summed E-state index contributed by atoms with van der Waals surface area (Å²) >= 11 is 0. The van der Waals surface area contributed by atoms with Crippen LogP contribution in [0.25, 0.3) is 0 Å². The number of carbonyl (C=O) groups excluding carboxylic acids is 2. The van der Waals surface area contributed by atoms with Crippen molar-refractivity contribution in [3.05, 3.63) is 22.1 Å². The standard InChI is InChI=1S/C18H29N5O3/c1-11-6-14(25)22-15(20-11)23-16(26)19-10-18(5)8-13(21-12(2)24)7-17(3,4)9-18/h6,13H,7-10H2,1-5H3,(H,21,24)(H3,19,20,22,23,25,26). The van der Waals surface area contributed by atoms with Gasteiger partial charge in [0.05, 0.1) is 0 Å². The molecule has 8 heteroatoms. The van der Waals surface area contributed by atoms with Crippen molar-refractivity contribution in [3.63, 3.8) is 0 Å². The SMILES string of the molecule is CC(=O)NC1CC(C)(C)CC(C)(CNC(=O)Nc2nc(=O)cc(C)[nH]2)C1. The lowest BCUT2D eigenvalue weighted by Crippen LogP contribution is -2.50. The molecule has 2 unspecified atom stereocenters. The summed E-state index contributed by atoms with van der Waals surface area (Å²) in [7, 11) is 0. The van der Waals surface area contributed by atoms with Gasteiger partial charge in [-0.15, -0.1) is 0 Å². The molecule has 1 fully saturated rings. The number of urea groups is 1. The fraction of sp³-hybridized carbons (Fsp3) is 0.667. The first kappa shape index (κ1) is 19.9. The summed E-state index contributed by atoms with van der Waals surface area (Å²) < 4.78 is 0. The first-order valence-corrected chi connectivity index (χ1v) is 8.86. The smallest absolute Gasteiger partial charge is 0.321 e. The zero-order valence-corrected chi connectivity index (χ0v) is 16.2. The second-order valence-corrected chi connectivity index (χ2v) is 8.52. The van der Waals surface area contributed by atoms with E-state index in [4.69, 9.17) is 0 Å². The van der Waals surface area contributed by atoms with Gasteiger partial charge in [-0.3, -0.25) is 14.9 Å². The van der Waals surface area contributed by atoms with E-state index < -0.39 is 11.6 Å². The zero-order valence-electron chi connectivity index (χ0n) is 16.2. The number of aromatic amines is 1. The molecule has 1 aromatic rings. The van der Waals surface area contributed by atoms with Gasteiger partial charge >= 0.3 is 6.03 Å². The largest absolute Gasteiger partial charge is 0.354 e. The highest BCUT2D eigenvalue weighted by atomic mass is 16.2. The topological polar surface area (TPSA) is 116 Å². The number of hydrogen-bond donors (Lipinski definition) is 4. The van der Waals surface area contributed by atoms with Crippen LogP contribution in [0.4, 0.5) is 10.7 Å². The molecule has 4 N–H and O–H groups in total. The van der Waals surface area contributed by atoms with Gasteiger partial charge in [-0.1, -0.05) is 20.8 Å². The van der Waals surface area contributed by atoms with Gasteiger partial charge in [0.25, 0.3) is 5.56 Å². The Balaban J connectivity index is 1.98. The molecule has 1 heterocycles. The number of rotatable bonds is 4. The zero-order chi connectivity index (χ0) is 19.5. The van der Waals surface area contributed by atoms with Crippen LogP contribution in [-0.2, 0) is 4.79 Å². The molecule has 0 radical (unpaired) electrons. The van der Waals surface area contributed by atoms with Crippen LogP contribution in [0.2, 0.25) is 0 Å². The normalized spacial score (nSPS) is 24.6. The Labute approximate surface area is 153 Å². The van der Waals surface area contributed by atoms with E-state index in [-0.39, 0.29) is 28.7 Å². The Bertz CT molecular complexity index is 743. The molecular weight excluding hydrogens is 334 g/mol. The Morgan fingerprint density at radius 3 is 2.62 bits per heavy atom. The predicted octanol–water partition coefficient (Wildman–Crippen LogP) is 1.92. The van der Waals surface area contributed by atoms with E-state index in [1.165, 1.54) is 13.0 Å². The van der Waals surface area contributed by atoms with Crippen molar-refractivity contribution in [1.82, 2.24) is 20.6 Å². The number of nitrogens with zero attached hydrogens (tertiary/aromatic N) is 1. The van der Waals surface area contributed by atoms with Crippen LogP contribution in [0.3, 0.4) is 0 Å². The molecule has 0 spiro atoms. The van der Waals surface area contributed by atoms with Crippen LogP contribution < -0.4 is 21.5 Å². The number of nitrogens with one attached hydrogen (secondary N) is 4. The van der Waals surface area contributed by atoms with E-state index in [1.807, 2.05) is 0 Å². The van der Waals surface area contributed by atoms with Crippen LogP contribution in [0.1, 0.15) is 52.7 Å². The minimum atomic E-state index is -0.417. The first-order valence-electron chi connectivity index (χ1n) is 8.86. The highest BCUT2D eigenvalue weighted by Gasteiger charge is 2.41. The van der Waals surface area contributed by atoms with E-state index in [0.717, 1.165) is 19.3 Å². The third-order valence-corrected chi connectivity index (χ3v) is 4.64. The maximum atomic E-state index is 12.2. The summed E-state index contributed by atoms with van der Waals surface area (Å²) in [4.78, 5) is 41.6. The second-order valence-electron chi connectivity index (χ2n) is 8.52. The molecule has 1 aliphatic carbocycles. The second kappa shape index (κ2) is 7.47. The van der Waals surface area contributed by atoms with Gasteiger partial charge in [0.15, 0.2) is 0 Å². The lowest BCUT2D eigenvalue weighted by molar-refractivity contribution is -0.120. The number of carbonyl (C=O) groups is 2. The Morgan fingerprint density at radius 2 is 2.00 bits per heavy atom. The molecule has 0 saturated heterocycles. The van der Waals surface area contributed by atoms with Crippen molar-refractivity contribution in [2.24, 2.45) is 10.8 Å². The van der Waals surface area contributed by atoms with Gasteiger partial charge in [0.1, 0.15) is 0 Å². The van der Waals surface area contributed by atoms with E-state index in [1.54, 1.807) is 6.92 Å². The lowest BCUT2D eigenvalue weighted by atomic mass is 9.62. The van der Waals surface area contributed by atoms with E-state index in [0.29, 0.717) is 12.2 Å². The van der Waals surface area contributed by atoms with Gasteiger partial charge < -0.3 is 15.6 Å². The third kappa shape index (κ3) is 5.86. The molecule has 1 saturated carbocycles. The monoisotopic (exact) mass is 363 g/mol. The van der Waals surface area contributed by atoms with Gasteiger partial charge in [-0.25, -0.2) is 4.79 Å². The van der Waals surface area contributed by atoms with Crippen molar-refractivity contribution in [2.75, 3.05) is 11.9 Å². The minimum absolute atomic E-state index is 0.0322. The summed E-state index contributed by atoms with van der Waals surface area (Å²) in [6.07, 6.45) is 2.66. The molecule has 8 nitrogen and oxygen atoms in total. The molecule has 0 bridgehead atoms. The van der Waals surface area contributed by atoms with E-state index in [9.17, 15) is 14.4 Å². The molecule has 1 aliphatic rings. The highest BCUT2D eigenvalue weighted by Crippen LogP contribution is 2.45. The summed E-state index contributed by atoms with van der Waals surface area (Å²) in [6.45, 7) is 10.2. The average Bonchev–Trinajstić information content (AvgIpc) is 2.41. The average molecular weight is 363 g/mol. The van der Waals surface area contributed by atoms with Crippen LogP contribution in [0.15, 0.2) is 10.9 Å². The van der Waals surface area contributed by atoms with Gasteiger partial charge in [0, 0.05) is 31.3 Å². The molecule has 2 rings (SSSR count). The van der Waals surface area contributed by atoms with Crippen LogP contribution >= 0.6 is 0 Å². The Hall–Kier alpha value is -2.38. The fourth-order valence-corrected chi connectivity index (χ4v) is 4.24. The van der Waals surface area contributed by atoms with Gasteiger partial charge in [-0.2, -0.15) is 4.98 Å². The molecule has 1 aromatic heterocycles. The van der Waals surface area contributed by atoms with Crippen molar-refractivity contribution < 1.29 is 9.59 Å². The van der Waals surface area contributed by atoms with Crippen molar-refractivity contribution in [2.45, 2.75) is 59.9 Å². The molecule has 144 valence electrons. The van der Waals surface area contributed by atoms with Crippen molar-refractivity contribution in [1.29, 1.82) is 0 Å². The Kier molecular flexibility index (Phi) is 5.73. The van der Waals surface area contributed by atoms with Crippen LogP contribution in [0.5, 0.6) is 0 Å². The number of anilines is 1. The summed E-state index contributed by atoms with van der Waals surface area (Å²) in [5.74, 6) is 0.0907. The van der Waals surface area contributed by atoms with Crippen LogP contribution in [-0.4, -0.2) is 34.5 Å². The molecule has 3 amide bonds. The van der Waals surface area contributed by atoms with Crippen molar-refractivity contribution in [3.8, 4) is 0 Å². The molecule has 2 atom stereocenters. The molecule has 0 aromatic carbocycles. The molecule has 26 heavy (non-hydrogen) atoms. The quantitative estimate of drug-likeness (QED) is 0.654. The molecular formula is C18H29N5O3. The number of aryl methyl sites for hydroxylation is 1. The Morgan fingerprint density at radius 1 is 1.31 bits per heavy atom. The highest BCUT2D eigenvalue weighted by molar-refractivity contribution is 5.87. The first-order chi connectivity index (χ1) is 12.0. The number of H-pyrrole nitrogens is 1. The number of hydrogen-bond acceptors (Lipinski definition) is 4. The summed E-state index contributed by atoms with van der Waals surface area (Å²) in [6, 6.07) is 1.04. The van der Waals surface area contributed by atoms with Crippen LogP contribution in [0, 0.1) is 17.8 Å². The van der Waals surface area contributed by atoms with Crippen molar-refractivity contribution >= 4 is 17.9 Å². The van der Waals surface area contributed by atoms with Gasteiger partial charge in [0.2, 0.25) is 11.9 Å². The summed E-state index contributed by atoms with van der Waals surface area (Å²) in [5.41, 5.74) is 0.150. The lowest BCUT2D eigenvalue weighted by Gasteiger charge is -2.46. The summed E-state index contributed by atoms with van der Waals surface area (Å²) in [5, 5.41) is 8.44. The fourth-order valence-electron chi connectivity index (χ4n) is 4.24. The molecule has 0 aliphatic heterocycles.